The Labute approximate surface area is 173 Å². The summed E-state index contributed by atoms with van der Waals surface area (Å²) < 4.78 is 13.5. The summed E-state index contributed by atoms with van der Waals surface area (Å²) in [4.78, 5) is 31.4. The second kappa shape index (κ2) is 7.91. The molecule has 0 spiro atoms. The zero-order chi connectivity index (χ0) is 21.3. The van der Waals surface area contributed by atoms with E-state index in [1.807, 2.05) is 19.1 Å². The number of aliphatic hydroxyl groups is 1. The van der Waals surface area contributed by atoms with E-state index in [1.54, 1.807) is 36.5 Å². The Hall–Kier alpha value is -3.80. The number of hydrogen-bond donors (Lipinski definition) is 1. The molecule has 1 aliphatic heterocycles. The van der Waals surface area contributed by atoms with Gasteiger partial charge in [-0.05, 0) is 36.8 Å². The summed E-state index contributed by atoms with van der Waals surface area (Å²) in [6, 6.07) is 17.0. The molecule has 4 rings (SSSR count). The number of likely N-dealkylation sites (tertiary alicyclic amines) is 1. The average molecular weight is 402 g/mol. The van der Waals surface area contributed by atoms with Gasteiger partial charge in [-0.2, -0.15) is 0 Å². The molecule has 1 aromatic heterocycles. The number of halogens is 1. The standard InChI is InChI=1S/C24H19FN2O3/c1-15-5-7-17(8-6-15)22(28)20-21(16-9-11-18(25)12-10-16)27(24(30)23(20)29)14-19-4-2-3-13-26-19/h2-13,21,28H,14H2,1H3/b22-20+. The molecule has 0 radical (unpaired) electrons. The SMILES string of the molecule is Cc1ccc(/C(O)=C2\C(=O)C(=O)N(Cc3ccccn3)C2c2ccc(F)cc2)cc1. The molecule has 3 aromatic rings. The summed E-state index contributed by atoms with van der Waals surface area (Å²) in [7, 11) is 0. The predicted molar refractivity (Wildman–Crippen MR) is 110 cm³/mol. The van der Waals surface area contributed by atoms with Gasteiger partial charge in [0.2, 0.25) is 0 Å². The van der Waals surface area contributed by atoms with Crippen LogP contribution in [0.3, 0.4) is 0 Å². The summed E-state index contributed by atoms with van der Waals surface area (Å²) in [6.45, 7) is 1.99. The van der Waals surface area contributed by atoms with Gasteiger partial charge in [0.25, 0.3) is 11.7 Å². The van der Waals surface area contributed by atoms with E-state index in [0.717, 1.165) is 5.56 Å². The van der Waals surface area contributed by atoms with Crippen LogP contribution >= 0.6 is 0 Å². The number of pyridine rings is 1. The molecule has 0 aliphatic carbocycles. The molecule has 150 valence electrons. The molecule has 5 nitrogen and oxygen atoms in total. The van der Waals surface area contributed by atoms with Crippen molar-refractivity contribution in [1.82, 2.24) is 9.88 Å². The Morgan fingerprint density at radius 1 is 1.03 bits per heavy atom. The van der Waals surface area contributed by atoms with Crippen LogP contribution in [-0.4, -0.2) is 26.7 Å². The van der Waals surface area contributed by atoms with Crippen LogP contribution in [0.4, 0.5) is 4.39 Å². The van der Waals surface area contributed by atoms with E-state index in [-0.39, 0.29) is 17.9 Å². The fourth-order valence-electron chi connectivity index (χ4n) is 3.57. The van der Waals surface area contributed by atoms with Crippen molar-refractivity contribution in [1.29, 1.82) is 0 Å². The van der Waals surface area contributed by atoms with Gasteiger partial charge in [0.15, 0.2) is 0 Å². The number of Topliss-reactive ketones (excluding diaryl/α,β-unsaturated/α-hetero) is 1. The smallest absolute Gasteiger partial charge is 0.296 e. The normalized spacial score (nSPS) is 18.1. The lowest BCUT2D eigenvalue weighted by Gasteiger charge is -2.25. The summed E-state index contributed by atoms with van der Waals surface area (Å²) in [5, 5.41) is 11.0. The molecule has 0 bridgehead atoms. The highest BCUT2D eigenvalue weighted by Gasteiger charge is 2.46. The maximum atomic E-state index is 13.5. The van der Waals surface area contributed by atoms with Crippen molar-refractivity contribution in [2.24, 2.45) is 0 Å². The maximum Gasteiger partial charge on any atom is 0.296 e. The van der Waals surface area contributed by atoms with Crippen molar-refractivity contribution in [3.8, 4) is 0 Å². The van der Waals surface area contributed by atoms with Gasteiger partial charge in [-0.1, -0.05) is 48.0 Å². The minimum atomic E-state index is -0.853. The molecule has 2 heterocycles. The fraction of sp³-hybridized carbons (Fsp3) is 0.125. The lowest BCUT2D eigenvalue weighted by atomic mass is 9.95. The Bertz CT molecular complexity index is 1120. The first-order valence-corrected chi connectivity index (χ1v) is 9.46. The first-order valence-electron chi connectivity index (χ1n) is 9.46. The summed E-state index contributed by atoms with van der Waals surface area (Å²) in [5.41, 5.74) is 2.54. The van der Waals surface area contributed by atoms with E-state index >= 15 is 0 Å². The summed E-state index contributed by atoms with van der Waals surface area (Å²) >= 11 is 0. The minimum Gasteiger partial charge on any atom is -0.507 e. The van der Waals surface area contributed by atoms with Gasteiger partial charge >= 0.3 is 0 Å². The molecular weight excluding hydrogens is 383 g/mol. The van der Waals surface area contributed by atoms with E-state index in [9.17, 15) is 19.1 Å². The number of nitrogens with zero attached hydrogens (tertiary/aromatic N) is 2. The lowest BCUT2D eigenvalue weighted by Crippen LogP contribution is -2.29. The van der Waals surface area contributed by atoms with E-state index in [4.69, 9.17) is 0 Å². The fourth-order valence-corrected chi connectivity index (χ4v) is 3.57. The van der Waals surface area contributed by atoms with Crippen LogP contribution in [0.2, 0.25) is 0 Å². The number of aromatic nitrogens is 1. The number of aryl methyl sites for hydroxylation is 1. The van der Waals surface area contributed by atoms with Crippen LogP contribution in [0.1, 0.15) is 28.4 Å². The number of ketones is 1. The Balaban J connectivity index is 1.85. The highest BCUT2D eigenvalue weighted by atomic mass is 19.1. The third kappa shape index (κ3) is 3.59. The highest BCUT2D eigenvalue weighted by Crippen LogP contribution is 2.40. The number of rotatable bonds is 4. The molecule has 1 fully saturated rings. The number of carbonyl (C=O) groups is 2. The molecular formula is C24H19FN2O3. The average Bonchev–Trinajstić information content (AvgIpc) is 3.00. The molecule has 30 heavy (non-hydrogen) atoms. The van der Waals surface area contributed by atoms with Crippen molar-refractivity contribution in [3.05, 3.63) is 107 Å². The Kier molecular flexibility index (Phi) is 5.14. The highest BCUT2D eigenvalue weighted by molar-refractivity contribution is 6.46. The Morgan fingerprint density at radius 2 is 1.73 bits per heavy atom. The number of hydrogen-bond acceptors (Lipinski definition) is 4. The van der Waals surface area contributed by atoms with E-state index in [1.165, 1.54) is 29.2 Å². The number of aliphatic hydroxyl groups excluding tert-OH is 1. The first-order chi connectivity index (χ1) is 14.5. The molecule has 1 N–H and O–H groups in total. The molecule has 1 amide bonds. The minimum absolute atomic E-state index is 0.0219. The van der Waals surface area contributed by atoms with Gasteiger partial charge in [-0.15, -0.1) is 0 Å². The van der Waals surface area contributed by atoms with Crippen molar-refractivity contribution < 1.29 is 19.1 Å². The van der Waals surface area contributed by atoms with E-state index < -0.39 is 23.5 Å². The van der Waals surface area contributed by atoms with Crippen LogP contribution in [0.15, 0.2) is 78.5 Å². The van der Waals surface area contributed by atoms with Gasteiger partial charge in [0.1, 0.15) is 11.6 Å². The van der Waals surface area contributed by atoms with Crippen molar-refractivity contribution in [2.75, 3.05) is 0 Å². The molecule has 1 saturated heterocycles. The van der Waals surface area contributed by atoms with Crippen molar-refractivity contribution in [2.45, 2.75) is 19.5 Å². The van der Waals surface area contributed by atoms with Gasteiger partial charge in [0, 0.05) is 11.8 Å². The molecule has 2 aromatic carbocycles. The van der Waals surface area contributed by atoms with Crippen LogP contribution in [0.5, 0.6) is 0 Å². The lowest BCUT2D eigenvalue weighted by molar-refractivity contribution is -0.140. The van der Waals surface area contributed by atoms with Crippen LogP contribution in [0, 0.1) is 12.7 Å². The van der Waals surface area contributed by atoms with Gasteiger partial charge < -0.3 is 10.0 Å². The summed E-state index contributed by atoms with van der Waals surface area (Å²) in [5.74, 6) is -2.20. The largest absolute Gasteiger partial charge is 0.507 e. The predicted octanol–water partition coefficient (Wildman–Crippen LogP) is 4.15. The maximum absolute atomic E-state index is 13.5. The molecule has 0 saturated carbocycles. The second-order valence-corrected chi connectivity index (χ2v) is 7.17. The number of benzene rings is 2. The Morgan fingerprint density at radius 3 is 2.37 bits per heavy atom. The van der Waals surface area contributed by atoms with Gasteiger partial charge in [-0.25, -0.2) is 4.39 Å². The van der Waals surface area contributed by atoms with Crippen LogP contribution in [0.25, 0.3) is 5.76 Å². The zero-order valence-corrected chi connectivity index (χ0v) is 16.2. The van der Waals surface area contributed by atoms with Crippen LogP contribution in [-0.2, 0) is 16.1 Å². The van der Waals surface area contributed by atoms with Gasteiger partial charge in [0.05, 0.1) is 23.9 Å². The van der Waals surface area contributed by atoms with E-state index in [2.05, 4.69) is 4.98 Å². The number of amides is 1. The second-order valence-electron chi connectivity index (χ2n) is 7.17. The van der Waals surface area contributed by atoms with E-state index in [0.29, 0.717) is 16.8 Å². The monoisotopic (exact) mass is 402 g/mol. The van der Waals surface area contributed by atoms with Crippen LogP contribution < -0.4 is 0 Å². The molecule has 1 unspecified atom stereocenters. The topological polar surface area (TPSA) is 70.5 Å². The molecule has 1 atom stereocenters. The van der Waals surface area contributed by atoms with Crippen molar-refractivity contribution >= 4 is 17.4 Å². The quantitative estimate of drug-likeness (QED) is 0.404. The van der Waals surface area contributed by atoms with Gasteiger partial charge in [-0.3, -0.25) is 14.6 Å². The third-order valence-corrected chi connectivity index (χ3v) is 5.11. The molecule has 1 aliphatic rings. The molecule has 6 heteroatoms. The third-order valence-electron chi connectivity index (χ3n) is 5.11. The van der Waals surface area contributed by atoms with Crippen molar-refractivity contribution in [3.63, 3.8) is 0 Å². The summed E-state index contributed by atoms with van der Waals surface area (Å²) in [6.07, 6.45) is 1.60. The first kappa shape index (κ1) is 19.5. The number of carbonyl (C=O) groups excluding carboxylic acids is 2. The zero-order valence-electron chi connectivity index (χ0n) is 16.2.